The number of hydrogen-bond donors (Lipinski definition) is 0. The topological polar surface area (TPSA) is 41.4 Å². The summed E-state index contributed by atoms with van der Waals surface area (Å²) in [5.74, 6) is 0.715. The van der Waals surface area contributed by atoms with Gasteiger partial charge in [0.15, 0.2) is 0 Å². The van der Waals surface area contributed by atoms with E-state index in [1.807, 2.05) is 16.5 Å². The molecular weight excluding hydrogens is 336 g/mol. The van der Waals surface area contributed by atoms with Crippen LogP contribution in [0.5, 0.6) is 0 Å². The molecule has 0 saturated carbocycles. The Morgan fingerprint density at radius 3 is 2.59 bits per heavy atom. The average Bonchev–Trinajstić information content (AvgIpc) is 3.14. The minimum Gasteiger partial charge on any atom is -0.337 e. The first-order valence-electron chi connectivity index (χ1n) is 10.1. The molecule has 27 heavy (non-hydrogen) atoms. The van der Waals surface area contributed by atoms with Gasteiger partial charge in [-0.25, -0.2) is 4.98 Å². The second-order valence-electron chi connectivity index (χ2n) is 8.32. The normalized spacial score (nSPS) is 22.9. The Labute approximate surface area is 162 Å². The molecule has 1 atom stereocenters. The molecule has 2 fully saturated rings. The Hall–Kier alpha value is -2.14. The van der Waals surface area contributed by atoms with E-state index in [9.17, 15) is 4.79 Å². The van der Waals surface area contributed by atoms with Crippen molar-refractivity contribution in [1.82, 2.24) is 19.4 Å². The van der Waals surface area contributed by atoms with Gasteiger partial charge in [0, 0.05) is 33.2 Å². The molecule has 144 valence electrons. The highest BCUT2D eigenvalue weighted by Crippen LogP contribution is 2.45. The van der Waals surface area contributed by atoms with Gasteiger partial charge in [-0.2, -0.15) is 0 Å². The van der Waals surface area contributed by atoms with Gasteiger partial charge >= 0.3 is 0 Å². The van der Waals surface area contributed by atoms with Gasteiger partial charge in [-0.1, -0.05) is 37.3 Å². The molecule has 0 bridgehead atoms. The highest BCUT2D eigenvalue weighted by atomic mass is 16.2. The van der Waals surface area contributed by atoms with Crippen molar-refractivity contribution in [3.05, 3.63) is 54.1 Å². The maximum absolute atomic E-state index is 12.8. The number of rotatable bonds is 3. The molecule has 1 aromatic heterocycles. The van der Waals surface area contributed by atoms with Gasteiger partial charge in [-0.3, -0.25) is 4.79 Å². The van der Waals surface area contributed by atoms with Crippen molar-refractivity contribution in [2.24, 2.45) is 12.5 Å². The molecule has 0 radical (unpaired) electrons. The number of nitrogens with zero attached hydrogens (tertiary/aromatic N) is 4. The third kappa shape index (κ3) is 3.65. The van der Waals surface area contributed by atoms with E-state index in [0.717, 1.165) is 39.0 Å². The minimum atomic E-state index is 0.118. The van der Waals surface area contributed by atoms with Crippen LogP contribution in [-0.4, -0.2) is 58.0 Å². The molecule has 4 rings (SSSR count). The van der Waals surface area contributed by atoms with E-state index in [1.165, 1.54) is 18.5 Å². The van der Waals surface area contributed by atoms with Gasteiger partial charge in [-0.05, 0) is 42.7 Å². The Morgan fingerprint density at radius 2 is 1.96 bits per heavy atom. The fourth-order valence-corrected chi connectivity index (χ4v) is 4.96. The number of aryl methyl sites for hydroxylation is 1. The smallest absolute Gasteiger partial charge is 0.272 e. The summed E-state index contributed by atoms with van der Waals surface area (Å²) in [4.78, 5) is 21.5. The molecule has 0 aliphatic carbocycles. The van der Waals surface area contributed by atoms with Crippen LogP contribution in [0.25, 0.3) is 0 Å². The summed E-state index contributed by atoms with van der Waals surface area (Å²) in [7, 11) is 1.89. The number of likely N-dealkylation sites (tertiary alicyclic amines) is 2. The van der Waals surface area contributed by atoms with Gasteiger partial charge in [0.2, 0.25) is 0 Å². The second-order valence-corrected chi connectivity index (χ2v) is 8.32. The Bertz CT molecular complexity index is 777. The van der Waals surface area contributed by atoms with Crippen LogP contribution >= 0.6 is 0 Å². The third-order valence-corrected chi connectivity index (χ3v) is 6.58. The molecule has 3 heterocycles. The van der Waals surface area contributed by atoms with Crippen molar-refractivity contribution in [2.75, 3.05) is 32.7 Å². The van der Waals surface area contributed by atoms with Crippen LogP contribution in [0, 0.1) is 5.41 Å². The van der Waals surface area contributed by atoms with Crippen molar-refractivity contribution in [2.45, 2.75) is 32.1 Å². The lowest BCUT2D eigenvalue weighted by Crippen LogP contribution is -2.52. The van der Waals surface area contributed by atoms with Gasteiger partial charge in [-0.15, -0.1) is 0 Å². The van der Waals surface area contributed by atoms with Crippen molar-refractivity contribution in [3.63, 3.8) is 0 Å². The summed E-state index contributed by atoms with van der Waals surface area (Å²) in [6.45, 7) is 7.39. The Balaban J connectivity index is 1.47. The van der Waals surface area contributed by atoms with Crippen LogP contribution in [0.1, 0.15) is 48.2 Å². The van der Waals surface area contributed by atoms with E-state index in [4.69, 9.17) is 0 Å². The maximum Gasteiger partial charge on any atom is 0.272 e. The molecule has 2 saturated heterocycles. The number of amides is 1. The molecule has 2 aliphatic rings. The van der Waals surface area contributed by atoms with Gasteiger partial charge in [0.1, 0.15) is 5.69 Å². The van der Waals surface area contributed by atoms with Crippen LogP contribution in [0.2, 0.25) is 0 Å². The van der Waals surface area contributed by atoms with Crippen LogP contribution in [0.3, 0.4) is 0 Å². The summed E-state index contributed by atoms with van der Waals surface area (Å²) < 4.78 is 1.82. The zero-order valence-corrected chi connectivity index (χ0v) is 16.5. The number of carbonyl (C=O) groups excluding carboxylic acids is 1. The number of carbonyl (C=O) groups is 1. The van der Waals surface area contributed by atoms with Crippen molar-refractivity contribution < 1.29 is 4.79 Å². The molecular formula is C22H30N4O. The molecule has 2 aliphatic heterocycles. The number of aromatic nitrogens is 2. The highest BCUT2D eigenvalue weighted by Gasteiger charge is 2.42. The summed E-state index contributed by atoms with van der Waals surface area (Å²) in [6, 6.07) is 11.0. The first-order valence-corrected chi connectivity index (χ1v) is 10.1. The molecule has 5 nitrogen and oxygen atoms in total. The minimum absolute atomic E-state index is 0.118. The first-order chi connectivity index (χ1) is 13.1. The lowest BCUT2D eigenvalue weighted by molar-refractivity contribution is 0.0155. The second kappa shape index (κ2) is 7.47. The molecule has 1 spiro atoms. The fraction of sp³-hybridized carbons (Fsp3) is 0.545. The van der Waals surface area contributed by atoms with Gasteiger partial charge in [0.25, 0.3) is 5.91 Å². The average molecular weight is 367 g/mol. The number of likely N-dealkylation sites (N-methyl/N-ethyl adjacent to an activating group) is 1. The molecule has 0 unspecified atom stereocenters. The number of hydrogen-bond acceptors (Lipinski definition) is 3. The summed E-state index contributed by atoms with van der Waals surface area (Å²) in [6.07, 6.45) is 6.80. The van der Waals surface area contributed by atoms with Gasteiger partial charge < -0.3 is 14.4 Å². The fourth-order valence-electron chi connectivity index (χ4n) is 4.96. The van der Waals surface area contributed by atoms with Crippen molar-refractivity contribution in [3.8, 4) is 0 Å². The largest absolute Gasteiger partial charge is 0.337 e. The summed E-state index contributed by atoms with van der Waals surface area (Å²) in [5.41, 5.74) is 2.48. The van der Waals surface area contributed by atoms with Crippen molar-refractivity contribution in [1.29, 1.82) is 0 Å². The summed E-state index contributed by atoms with van der Waals surface area (Å²) >= 11 is 0. The molecule has 5 heteroatoms. The van der Waals surface area contributed by atoms with Crippen molar-refractivity contribution >= 4 is 5.91 Å². The van der Waals surface area contributed by atoms with E-state index in [1.54, 1.807) is 12.5 Å². The van der Waals surface area contributed by atoms with E-state index in [2.05, 4.69) is 47.1 Å². The molecule has 1 aromatic carbocycles. The molecule has 1 amide bonds. The lowest BCUT2D eigenvalue weighted by Gasteiger charge is -2.50. The Kier molecular flexibility index (Phi) is 5.04. The van der Waals surface area contributed by atoms with Gasteiger partial charge in [0.05, 0.1) is 12.5 Å². The SMILES string of the molecule is CCN1C[C@H](c2ccccc2)CC2(CCN(C(=O)c3cncn3C)CC2)C1. The summed E-state index contributed by atoms with van der Waals surface area (Å²) in [5, 5.41) is 0. The third-order valence-electron chi connectivity index (χ3n) is 6.58. The van der Waals surface area contributed by atoms with Crippen LogP contribution in [0.15, 0.2) is 42.9 Å². The van der Waals surface area contributed by atoms with E-state index >= 15 is 0 Å². The van der Waals surface area contributed by atoms with E-state index in [0.29, 0.717) is 17.0 Å². The predicted octanol–water partition coefficient (Wildman–Crippen LogP) is 3.15. The number of piperidine rings is 2. The van der Waals surface area contributed by atoms with Crippen LogP contribution < -0.4 is 0 Å². The zero-order chi connectivity index (χ0) is 18.9. The van der Waals surface area contributed by atoms with Crippen LogP contribution in [0.4, 0.5) is 0 Å². The first kappa shape index (κ1) is 18.2. The predicted molar refractivity (Wildman–Crippen MR) is 107 cm³/mol. The maximum atomic E-state index is 12.8. The zero-order valence-electron chi connectivity index (χ0n) is 16.5. The lowest BCUT2D eigenvalue weighted by atomic mass is 9.68. The molecule has 2 aromatic rings. The highest BCUT2D eigenvalue weighted by molar-refractivity contribution is 5.92. The van der Waals surface area contributed by atoms with E-state index in [-0.39, 0.29) is 5.91 Å². The van der Waals surface area contributed by atoms with E-state index < -0.39 is 0 Å². The standard InChI is InChI=1S/C22H30N4O/c1-3-25-15-19(18-7-5-4-6-8-18)13-22(16-25)9-11-26(12-10-22)21(27)20-14-23-17-24(20)2/h4-8,14,17,19H,3,9-13,15-16H2,1-2H3/t19-/m1/s1. The monoisotopic (exact) mass is 366 g/mol. The number of benzene rings is 1. The number of imidazole rings is 1. The Morgan fingerprint density at radius 1 is 1.22 bits per heavy atom. The molecule has 0 N–H and O–H groups in total. The van der Waals surface area contributed by atoms with Crippen LogP contribution in [-0.2, 0) is 7.05 Å². The quantitative estimate of drug-likeness (QED) is 0.838.